The van der Waals surface area contributed by atoms with Crippen molar-refractivity contribution in [3.8, 4) is 0 Å². The minimum Gasteiger partial charge on any atom is -0.315 e. The fourth-order valence-electron chi connectivity index (χ4n) is 2.24. The largest absolute Gasteiger partial charge is 0.315 e. The smallest absolute Gasteiger partial charge is 0.0472 e. The first-order chi connectivity index (χ1) is 8.83. The van der Waals surface area contributed by atoms with Crippen molar-refractivity contribution in [1.29, 1.82) is 0 Å². The van der Waals surface area contributed by atoms with Crippen molar-refractivity contribution in [3.63, 3.8) is 0 Å². The average Bonchev–Trinajstić information content (AvgIpc) is 2.43. The van der Waals surface area contributed by atoms with E-state index in [1.54, 1.807) is 0 Å². The lowest BCUT2D eigenvalue weighted by Gasteiger charge is -2.30. The Morgan fingerprint density at radius 2 is 1.89 bits per heavy atom. The Morgan fingerprint density at radius 1 is 1.22 bits per heavy atom. The number of nitrogens with zero attached hydrogens (tertiary/aromatic N) is 1. The molecule has 2 heteroatoms. The van der Waals surface area contributed by atoms with Gasteiger partial charge in [0, 0.05) is 12.6 Å². The van der Waals surface area contributed by atoms with Crippen LogP contribution < -0.4 is 5.32 Å². The van der Waals surface area contributed by atoms with E-state index in [4.69, 9.17) is 0 Å². The highest BCUT2D eigenvalue weighted by atomic mass is 15.2. The summed E-state index contributed by atoms with van der Waals surface area (Å²) in [4.78, 5) is 2.50. The van der Waals surface area contributed by atoms with Crippen LogP contribution >= 0.6 is 0 Å². The third-order valence-electron chi connectivity index (χ3n) is 3.30. The molecule has 0 aliphatic heterocycles. The number of rotatable bonds is 9. The Labute approximate surface area is 112 Å². The molecule has 1 unspecified atom stereocenters. The standard InChI is InChI=1S/C16H26N2/c1-4-7-13-17-14-16(18(5-2)6-3)15-11-9-8-10-12-15/h4,8-12,16-17H,1,5-7,13-14H2,2-3H3. The zero-order valence-electron chi connectivity index (χ0n) is 11.7. The Kier molecular flexibility index (Phi) is 7.38. The Hall–Kier alpha value is -1.12. The van der Waals surface area contributed by atoms with Gasteiger partial charge in [0.2, 0.25) is 0 Å². The van der Waals surface area contributed by atoms with Crippen molar-refractivity contribution in [2.45, 2.75) is 26.3 Å². The lowest BCUT2D eigenvalue weighted by atomic mass is 10.1. The van der Waals surface area contributed by atoms with Gasteiger partial charge in [-0.15, -0.1) is 6.58 Å². The lowest BCUT2D eigenvalue weighted by molar-refractivity contribution is 0.214. The van der Waals surface area contributed by atoms with Gasteiger partial charge in [0.05, 0.1) is 0 Å². The molecular formula is C16H26N2. The first-order valence-electron chi connectivity index (χ1n) is 6.94. The maximum absolute atomic E-state index is 3.75. The summed E-state index contributed by atoms with van der Waals surface area (Å²) < 4.78 is 0. The van der Waals surface area contributed by atoms with Crippen LogP contribution in [-0.4, -0.2) is 31.1 Å². The molecule has 0 aliphatic rings. The summed E-state index contributed by atoms with van der Waals surface area (Å²) >= 11 is 0. The van der Waals surface area contributed by atoms with Gasteiger partial charge in [-0.2, -0.15) is 0 Å². The van der Waals surface area contributed by atoms with Crippen molar-refractivity contribution < 1.29 is 0 Å². The summed E-state index contributed by atoms with van der Waals surface area (Å²) in [6.07, 6.45) is 2.99. The highest BCUT2D eigenvalue weighted by Gasteiger charge is 2.16. The SMILES string of the molecule is C=CCCNCC(c1ccccc1)N(CC)CC. The van der Waals surface area contributed by atoms with E-state index in [0.29, 0.717) is 6.04 Å². The molecule has 0 radical (unpaired) electrons. The minimum atomic E-state index is 0.464. The molecule has 1 aromatic carbocycles. The summed E-state index contributed by atoms with van der Waals surface area (Å²) in [6, 6.07) is 11.2. The molecule has 2 nitrogen and oxygen atoms in total. The maximum atomic E-state index is 3.75. The molecule has 0 saturated carbocycles. The number of hydrogen-bond acceptors (Lipinski definition) is 2. The number of benzene rings is 1. The van der Waals surface area contributed by atoms with Crippen molar-refractivity contribution in [1.82, 2.24) is 10.2 Å². The topological polar surface area (TPSA) is 15.3 Å². The van der Waals surface area contributed by atoms with Gasteiger partial charge in [0.15, 0.2) is 0 Å². The fraction of sp³-hybridized carbons (Fsp3) is 0.500. The lowest BCUT2D eigenvalue weighted by Crippen LogP contribution is -2.36. The number of hydrogen-bond donors (Lipinski definition) is 1. The van der Waals surface area contributed by atoms with E-state index in [9.17, 15) is 0 Å². The molecule has 0 aliphatic carbocycles. The molecule has 0 amide bonds. The second kappa shape index (κ2) is 8.90. The van der Waals surface area contributed by atoms with Crippen molar-refractivity contribution in [3.05, 3.63) is 48.6 Å². The number of nitrogens with one attached hydrogen (secondary N) is 1. The van der Waals surface area contributed by atoms with Crippen LogP contribution in [0.15, 0.2) is 43.0 Å². The normalized spacial score (nSPS) is 12.6. The molecule has 0 spiro atoms. The van der Waals surface area contributed by atoms with Gasteiger partial charge in [0.1, 0.15) is 0 Å². The summed E-state index contributed by atoms with van der Waals surface area (Å²) in [5.74, 6) is 0. The van der Waals surface area contributed by atoms with Crippen LogP contribution in [0.3, 0.4) is 0 Å². The zero-order chi connectivity index (χ0) is 13.2. The second-order valence-corrected chi connectivity index (χ2v) is 4.43. The predicted octanol–water partition coefficient (Wildman–Crippen LogP) is 3.24. The Bertz CT molecular complexity index is 317. The monoisotopic (exact) mass is 246 g/mol. The van der Waals surface area contributed by atoms with Gasteiger partial charge in [0.25, 0.3) is 0 Å². The van der Waals surface area contributed by atoms with E-state index < -0.39 is 0 Å². The van der Waals surface area contributed by atoms with Crippen LogP contribution in [0.5, 0.6) is 0 Å². The molecule has 100 valence electrons. The molecular weight excluding hydrogens is 220 g/mol. The van der Waals surface area contributed by atoms with E-state index in [-0.39, 0.29) is 0 Å². The van der Waals surface area contributed by atoms with Gasteiger partial charge >= 0.3 is 0 Å². The van der Waals surface area contributed by atoms with Crippen molar-refractivity contribution in [2.75, 3.05) is 26.2 Å². The van der Waals surface area contributed by atoms with Gasteiger partial charge < -0.3 is 5.32 Å². The van der Waals surface area contributed by atoms with Crippen LogP contribution in [-0.2, 0) is 0 Å². The summed E-state index contributed by atoms with van der Waals surface area (Å²) in [7, 11) is 0. The van der Waals surface area contributed by atoms with Crippen LogP contribution in [0.4, 0.5) is 0 Å². The van der Waals surface area contributed by atoms with Gasteiger partial charge in [-0.25, -0.2) is 0 Å². The van der Waals surface area contributed by atoms with E-state index in [2.05, 4.69) is 61.0 Å². The molecule has 1 aromatic rings. The summed E-state index contributed by atoms with van der Waals surface area (Å²) in [6.45, 7) is 12.4. The average molecular weight is 246 g/mol. The highest BCUT2D eigenvalue weighted by Crippen LogP contribution is 2.19. The molecule has 0 saturated heterocycles. The first-order valence-corrected chi connectivity index (χ1v) is 6.94. The zero-order valence-corrected chi connectivity index (χ0v) is 11.7. The van der Waals surface area contributed by atoms with Crippen molar-refractivity contribution in [2.24, 2.45) is 0 Å². The predicted molar refractivity (Wildman–Crippen MR) is 79.8 cm³/mol. The molecule has 1 rings (SSSR count). The minimum absolute atomic E-state index is 0.464. The molecule has 0 bridgehead atoms. The van der Waals surface area contributed by atoms with Crippen LogP contribution in [0.25, 0.3) is 0 Å². The van der Waals surface area contributed by atoms with Crippen LogP contribution in [0.1, 0.15) is 31.9 Å². The van der Waals surface area contributed by atoms with E-state index in [1.165, 1.54) is 5.56 Å². The number of likely N-dealkylation sites (N-methyl/N-ethyl adjacent to an activating group) is 1. The molecule has 1 atom stereocenters. The molecule has 0 fully saturated rings. The quantitative estimate of drug-likeness (QED) is 0.531. The third-order valence-corrected chi connectivity index (χ3v) is 3.30. The van der Waals surface area contributed by atoms with Gasteiger partial charge in [-0.3, -0.25) is 4.90 Å². The maximum Gasteiger partial charge on any atom is 0.0472 e. The molecule has 0 heterocycles. The summed E-state index contributed by atoms with van der Waals surface area (Å²) in [5.41, 5.74) is 1.40. The van der Waals surface area contributed by atoms with Crippen molar-refractivity contribution >= 4 is 0 Å². The van der Waals surface area contributed by atoms with Crippen LogP contribution in [0.2, 0.25) is 0 Å². The third kappa shape index (κ3) is 4.63. The van der Waals surface area contributed by atoms with E-state index >= 15 is 0 Å². The Balaban J connectivity index is 2.66. The summed E-state index contributed by atoms with van der Waals surface area (Å²) in [5, 5.41) is 3.52. The Morgan fingerprint density at radius 3 is 2.44 bits per heavy atom. The highest BCUT2D eigenvalue weighted by molar-refractivity contribution is 5.19. The van der Waals surface area contributed by atoms with E-state index in [0.717, 1.165) is 32.6 Å². The molecule has 1 N–H and O–H groups in total. The van der Waals surface area contributed by atoms with E-state index in [1.807, 2.05) is 6.08 Å². The molecule has 18 heavy (non-hydrogen) atoms. The first kappa shape index (κ1) is 14.9. The molecule has 0 aromatic heterocycles. The van der Waals surface area contributed by atoms with Gasteiger partial charge in [-0.05, 0) is 31.6 Å². The fourth-order valence-corrected chi connectivity index (χ4v) is 2.24. The van der Waals surface area contributed by atoms with Gasteiger partial charge in [-0.1, -0.05) is 50.3 Å². The second-order valence-electron chi connectivity index (χ2n) is 4.43. The van der Waals surface area contributed by atoms with Crippen LogP contribution in [0, 0.1) is 0 Å².